The van der Waals surface area contributed by atoms with Gasteiger partial charge in [-0.05, 0) is 32.9 Å². The number of rotatable bonds is 5. The topological polar surface area (TPSA) is 77.7 Å². The molecule has 0 bridgehead atoms. The molecule has 7 nitrogen and oxygen atoms in total. The monoisotopic (exact) mass is 385 g/mol. The molecule has 1 aliphatic heterocycles. The zero-order chi connectivity index (χ0) is 20.3. The normalized spacial score (nSPS) is 19.3. The van der Waals surface area contributed by atoms with Crippen LogP contribution in [0.1, 0.15) is 29.8 Å². The first-order chi connectivity index (χ1) is 13.4. The van der Waals surface area contributed by atoms with Crippen molar-refractivity contribution in [3.05, 3.63) is 41.2 Å². The standard InChI is InChI=1S/C21H28N4O3/c1-14-5-7-18(8-6-14)25-16(3)20(15(2)23-25)22-19(26)13-24-11-9-17(10-12-24)21(27)28-4/h5-8,17H,9-13H2,1-4H3,(H,22,26)/p+1. The molecule has 0 unspecified atom stereocenters. The van der Waals surface area contributed by atoms with Crippen LogP contribution in [0.5, 0.6) is 0 Å². The second kappa shape index (κ2) is 8.56. The van der Waals surface area contributed by atoms with Crippen molar-refractivity contribution in [2.75, 3.05) is 32.1 Å². The fourth-order valence-electron chi connectivity index (χ4n) is 3.78. The Morgan fingerprint density at radius 1 is 1.18 bits per heavy atom. The quantitative estimate of drug-likeness (QED) is 0.759. The number of carbonyl (C=O) groups is 2. The molecule has 1 aromatic heterocycles. The van der Waals surface area contributed by atoms with Gasteiger partial charge >= 0.3 is 5.97 Å². The average molecular weight is 385 g/mol. The second-order valence-electron chi connectivity index (χ2n) is 7.57. The summed E-state index contributed by atoms with van der Waals surface area (Å²) in [7, 11) is 1.43. The van der Waals surface area contributed by atoms with Crippen molar-refractivity contribution in [2.45, 2.75) is 33.6 Å². The van der Waals surface area contributed by atoms with E-state index in [4.69, 9.17) is 4.74 Å². The molecule has 0 saturated carbocycles. The minimum atomic E-state index is -0.140. The number of likely N-dealkylation sites (tertiary alicyclic amines) is 1. The van der Waals surface area contributed by atoms with E-state index < -0.39 is 0 Å². The van der Waals surface area contributed by atoms with Gasteiger partial charge in [0.05, 0.1) is 48.9 Å². The van der Waals surface area contributed by atoms with E-state index in [9.17, 15) is 9.59 Å². The van der Waals surface area contributed by atoms with Crippen LogP contribution in [0.25, 0.3) is 5.69 Å². The maximum absolute atomic E-state index is 12.6. The van der Waals surface area contributed by atoms with Crippen LogP contribution in [0.2, 0.25) is 0 Å². The summed E-state index contributed by atoms with van der Waals surface area (Å²) in [5.41, 5.74) is 4.65. The van der Waals surface area contributed by atoms with Gasteiger partial charge in [-0.25, -0.2) is 4.68 Å². The number of carbonyl (C=O) groups excluding carboxylic acids is 2. The minimum Gasteiger partial charge on any atom is -0.469 e. The highest BCUT2D eigenvalue weighted by atomic mass is 16.5. The first kappa shape index (κ1) is 20.1. The molecule has 2 aromatic rings. The molecule has 0 spiro atoms. The number of hydrogen-bond donors (Lipinski definition) is 2. The van der Waals surface area contributed by atoms with Gasteiger partial charge in [0, 0.05) is 12.8 Å². The number of benzene rings is 1. The molecular formula is C21H29N4O3+. The largest absolute Gasteiger partial charge is 0.469 e. The third-order valence-corrected chi connectivity index (χ3v) is 5.47. The van der Waals surface area contributed by atoms with E-state index in [0.29, 0.717) is 6.54 Å². The number of anilines is 1. The van der Waals surface area contributed by atoms with Crippen molar-refractivity contribution < 1.29 is 19.2 Å². The summed E-state index contributed by atoms with van der Waals surface area (Å²) in [6.07, 6.45) is 1.53. The predicted octanol–water partition coefficient (Wildman–Crippen LogP) is 1.20. The number of hydrogen-bond acceptors (Lipinski definition) is 4. The first-order valence-corrected chi connectivity index (χ1v) is 9.73. The van der Waals surface area contributed by atoms with E-state index in [1.807, 2.05) is 49.7 Å². The molecule has 1 aromatic carbocycles. The second-order valence-corrected chi connectivity index (χ2v) is 7.57. The highest BCUT2D eigenvalue weighted by Gasteiger charge is 2.29. The van der Waals surface area contributed by atoms with Crippen molar-refractivity contribution in [1.82, 2.24) is 9.78 Å². The fourth-order valence-corrected chi connectivity index (χ4v) is 3.78. The van der Waals surface area contributed by atoms with Crippen molar-refractivity contribution in [3.8, 4) is 5.69 Å². The Morgan fingerprint density at radius 2 is 1.82 bits per heavy atom. The van der Waals surface area contributed by atoms with Crippen molar-refractivity contribution in [2.24, 2.45) is 5.92 Å². The molecular weight excluding hydrogens is 356 g/mol. The summed E-state index contributed by atoms with van der Waals surface area (Å²) in [5.74, 6) is -0.200. The third kappa shape index (κ3) is 4.42. The molecule has 28 heavy (non-hydrogen) atoms. The Morgan fingerprint density at radius 3 is 2.43 bits per heavy atom. The van der Waals surface area contributed by atoms with E-state index in [1.165, 1.54) is 17.6 Å². The van der Waals surface area contributed by atoms with Crippen LogP contribution in [-0.2, 0) is 14.3 Å². The van der Waals surface area contributed by atoms with Crippen LogP contribution in [0.4, 0.5) is 5.69 Å². The van der Waals surface area contributed by atoms with E-state index in [-0.39, 0.29) is 17.8 Å². The molecule has 2 heterocycles. The number of methoxy groups -OCH3 is 1. The van der Waals surface area contributed by atoms with Crippen LogP contribution in [0, 0.1) is 26.7 Å². The first-order valence-electron chi connectivity index (χ1n) is 9.73. The van der Waals surface area contributed by atoms with Crippen LogP contribution in [0.3, 0.4) is 0 Å². The number of amides is 1. The zero-order valence-electron chi connectivity index (χ0n) is 17.0. The maximum Gasteiger partial charge on any atom is 0.309 e. The number of esters is 1. The van der Waals surface area contributed by atoms with Gasteiger partial charge in [0.1, 0.15) is 0 Å². The number of nitrogens with one attached hydrogen (secondary N) is 2. The Balaban J connectivity index is 1.62. The number of aryl methyl sites for hydroxylation is 2. The molecule has 1 aliphatic rings. The summed E-state index contributed by atoms with van der Waals surface area (Å²) in [5, 5.41) is 7.63. The van der Waals surface area contributed by atoms with Gasteiger partial charge in [-0.1, -0.05) is 17.7 Å². The molecule has 1 amide bonds. The summed E-state index contributed by atoms with van der Waals surface area (Å²) in [6.45, 7) is 7.91. The lowest BCUT2D eigenvalue weighted by atomic mass is 9.97. The molecule has 1 saturated heterocycles. The van der Waals surface area contributed by atoms with Gasteiger partial charge in [-0.15, -0.1) is 0 Å². The number of piperidine rings is 1. The van der Waals surface area contributed by atoms with Crippen molar-refractivity contribution >= 4 is 17.6 Å². The molecule has 0 aliphatic carbocycles. The molecule has 3 rings (SSSR count). The minimum absolute atomic E-state index is 0.0267. The average Bonchev–Trinajstić information content (AvgIpc) is 2.96. The lowest BCUT2D eigenvalue weighted by Gasteiger charge is -2.27. The lowest BCUT2D eigenvalue weighted by molar-refractivity contribution is -0.897. The molecule has 150 valence electrons. The number of aromatic nitrogens is 2. The fraction of sp³-hybridized carbons (Fsp3) is 0.476. The van der Waals surface area contributed by atoms with E-state index in [2.05, 4.69) is 10.4 Å². The highest BCUT2D eigenvalue weighted by Crippen LogP contribution is 2.23. The summed E-state index contributed by atoms with van der Waals surface area (Å²) in [6, 6.07) is 8.14. The van der Waals surface area contributed by atoms with Gasteiger partial charge in [-0.2, -0.15) is 5.10 Å². The van der Waals surface area contributed by atoms with Crippen LogP contribution in [-0.4, -0.2) is 48.4 Å². The summed E-state index contributed by atoms with van der Waals surface area (Å²) >= 11 is 0. The van der Waals surface area contributed by atoms with Gasteiger partial charge < -0.3 is 15.0 Å². The molecule has 2 N–H and O–H groups in total. The van der Waals surface area contributed by atoms with Crippen molar-refractivity contribution in [1.29, 1.82) is 0 Å². The van der Waals surface area contributed by atoms with Gasteiger partial charge in [0.15, 0.2) is 6.54 Å². The van der Waals surface area contributed by atoms with Crippen LogP contribution in [0.15, 0.2) is 24.3 Å². The summed E-state index contributed by atoms with van der Waals surface area (Å²) in [4.78, 5) is 25.4. The Bertz CT molecular complexity index is 849. The van der Waals surface area contributed by atoms with E-state index in [1.54, 1.807) is 0 Å². The van der Waals surface area contributed by atoms with E-state index >= 15 is 0 Å². The number of nitrogens with zero attached hydrogens (tertiary/aromatic N) is 2. The molecule has 0 radical (unpaired) electrons. The Hall–Kier alpha value is -2.67. The Labute approximate surface area is 165 Å². The van der Waals surface area contributed by atoms with Gasteiger partial charge in [0.2, 0.25) is 0 Å². The molecule has 7 heteroatoms. The summed E-state index contributed by atoms with van der Waals surface area (Å²) < 4.78 is 6.68. The van der Waals surface area contributed by atoms with Crippen LogP contribution < -0.4 is 10.2 Å². The highest BCUT2D eigenvalue weighted by molar-refractivity contribution is 5.92. The van der Waals surface area contributed by atoms with Crippen LogP contribution >= 0.6 is 0 Å². The SMILES string of the molecule is COC(=O)C1CC[NH+](CC(=O)Nc2c(C)nn(-c3ccc(C)cc3)c2C)CC1. The zero-order valence-corrected chi connectivity index (χ0v) is 17.0. The smallest absolute Gasteiger partial charge is 0.309 e. The van der Waals surface area contributed by atoms with Gasteiger partial charge in [-0.3, -0.25) is 9.59 Å². The lowest BCUT2D eigenvalue weighted by Crippen LogP contribution is -3.14. The predicted molar refractivity (Wildman–Crippen MR) is 107 cm³/mol. The molecule has 0 atom stereocenters. The van der Waals surface area contributed by atoms with Crippen molar-refractivity contribution in [3.63, 3.8) is 0 Å². The number of quaternary nitrogens is 1. The maximum atomic E-state index is 12.6. The molecule has 1 fully saturated rings. The number of ether oxygens (including phenoxy) is 1. The van der Waals surface area contributed by atoms with E-state index in [0.717, 1.165) is 48.7 Å². The third-order valence-electron chi connectivity index (χ3n) is 5.47. The Kier molecular flexibility index (Phi) is 6.14. The van der Waals surface area contributed by atoms with Gasteiger partial charge in [0.25, 0.3) is 5.91 Å².